The molecule has 0 radical (unpaired) electrons. The van der Waals surface area contributed by atoms with Crippen LogP contribution in [0.3, 0.4) is 0 Å². The maximum Gasteiger partial charge on any atom is 0.255 e. The first kappa shape index (κ1) is 20.2. The van der Waals surface area contributed by atoms with Crippen LogP contribution in [-0.2, 0) is 13.0 Å². The van der Waals surface area contributed by atoms with Gasteiger partial charge in [0.05, 0.1) is 10.7 Å². The van der Waals surface area contributed by atoms with Crippen molar-refractivity contribution in [1.29, 1.82) is 0 Å². The lowest BCUT2D eigenvalue weighted by atomic mass is 10.1. The van der Waals surface area contributed by atoms with Crippen LogP contribution in [0.25, 0.3) is 0 Å². The molecule has 0 unspecified atom stereocenters. The molecule has 0 aromatic heterocycles. The van der Waals surface area contributed by atoms with E-state index in [9.17, 15) is 4.79 Å². The van der Waals surface area contributed by atoms with Crippen LogP contribution < -0.4 is 14.8 Å². The Hall–Kier alpha value is -2.54. The highest BCUT2D eigenvalue weighted by Gasteiger charge is 2.16. The Morgan fingerprint density at radius 1 is 1.04 bits per heavy atom. The van der Waals surface area contributed by atoms with Crippen molar-refractivity contribution in [2.45, 2.75) is 20.0 Å². The van der Waals surface area contributed by atoms with E-state index in [-0.39, 0.29) is 5.91 Å². The van der Waals surface area contributed by atoms with Gasteiger partial charge in [-0.2, -0.15) is 0 Å². The van der Waals surface area contributed by atoms with Crippen LogP contribution in [0.5, 0.6) is 11.5 Å². The molecular weight excluding hydrogens is 465 g/mol. The molecule has 0 aliphatic rings. The minimum Gasteiger partial charge on any atom is -0.492 e. The largest absolute Gasteiger partial charge is 0.492 e. The first-order valence-corrected chi connectivity index (χ1v) is 10.1. The summed E-state index contributed by atoms with van der Waals surface area (Å²) in [6, 6.07) is 21.2. The van der Waals surface area contributed by atoms with Crippen molar-refractivity contribution in [1.82, 2.24) is 0 Å². The zero-order valence-electron chi connectivity index (χ0n) is 15.9. The van der Waals surface area contributed by atoms with Gasteiger partial charge in [0.25, 0.3) is 5.91 Å². The molecule has 0 aliphatic carbocycles. The topological polar surface area (TPSA) is 47.6 Å². The molecule has 0 aliphatic heterocycles. The maximum absolute atomic E-state index is 12.8. The van der Waals surface area contributed by atoms with Crippen LogP contribution in [0.4, 0.5) is 5.69 Å². The number of amides is 1. The number of carbonyl (C=O) groups excluding carboxylic acids is 1. The Morgan fingerprint density at radius 3 is 2.46 bits per heavy atom. The van der Waals surface area contributed by atoms with Gasteiger partial charge in [0, 0.05) is 11.3 Å². The molecule has 3 aromatic rings. The van der Waals surface area contributed by atoms with Crippen LogP contribution in [0.2, 0.25) is 0 Å². The smallest absolute Gasteiger partial charge is 0.255 e. The van der Waals surface area contributed by atoms with Gasteiger partial charge in [0.1, 0.15) is 6.61 Å². The number of nitrogens with one attached hydrogen (secondary N) is 1. The predicted octanol–water partition coefficient (Wildman–Crippen LogP) is 5.69. The summed E-state index contributed by atoms with van der Waals surface area (Å²) < 4.78 is 12.3. The third kappa shape index (κ3) is 4.84. The second-order valence-corrected chi connectivity index (χ2v) is 7.39. The van der Waals surface area contributed by atoms with E-state index in [1.165, 1.54) is 0 Å². The first-order chi connectivity index (χ1) is 13.6. The molecule has 0 saturated heterocycles. The molecule has 0 saturated carbocycles. The van der Waals surface area contributed by atoms with Crippen molar-refractivity contribution in [2.24, 2.45) is 0 Å². The highest BCUT2D eigenvalue weighted by molar-refractivity contribution is 14.1. The highest BCUT2D eigenvalue weighted by Crippen LogP contribution is 2.34. The lowest BCUT2D eigenvalue weighted by Gasteiger charge is -2.15. The second-order valence-electron chi connectivity index (χ2n) is 6.23. The summed E-state index contributed by atoms with van der Waals surface area (Å²) in [4.78, 5) is 12.8. The van der Waals surface area contributed by atoms with Crippen LogP contribution in [0.15, 0.2) is 66.7 Å². The zero-order chi connectivity index (χ0) is 19.9. The van der Waals surface area contributed by atoms with E-state index in [1.807, 2.05) is 54.6 Å². The van der Waals surface area contributed by atoms with E-state index in [2.05, 4.69) is 34.8 Å². The predicted molar refractivity (Wildman–Crippen MR) is 120 cm³/mol. The fraction of sp³-hybridized carbons (Fsp3) is 0.174. The summed E-state index contributed by atoms with van der Waals surface area (Å²) in [5, 5.41) is 3.00. The molecule has 5 heteroatoms. The quantitative estimate of drug-likeness (QED) is 0.436. The number of halogens is 1. The Kier molecular flexibility index (Phi) is 6.92. The molecule has 1 amide bonds. The summed E-state index contributed by atoms with van der Waals surface area (Å²) in [5.41, 5.74) is 3.50. The number of benzene rings is 3. The van der Waals surface area contributed by atoms with Crippen molar-refractivity contribution in [2.75, 3.05) is 12.4 Å². The molecule has 3 rings (SSSR count). The molecule has 0 bridgehead atoms. The SMILES string of the molecule is CCc1ccccc1NC(=O)c1cc(I)c(OC)c(OCc2ccccc2)c1. The Labute approximate surface area is 179 Å². The second kappa shape index (κ2) is 9.59. The average Bonchev–Trinajstić information content (AvgIpc) is 2.73. The normalized spacial score (nSPS) is 10.4. The van der Waals surface area contributed by atoms with Gasteiger partial charge in [-0.05, 0) is 58.3 Å². The van der Waals surface area contributed by atoms with E-state index >= 15 is 0 Å². The molecule has 28 heavy (non-hydrogen) atoms. The number of anilines is 1. The van der Waals surface area contributed by atoms with Crippen molar-refractivity contribution in [3.8, 4) is 11.5 Å². The number of ether oxygens (including phenoxy) is 2. The van der Waals surface area contributed by atoms with Gasteiger partial charge in [0.2, 0.25) is 0 Å². The fourth-order valence-electron chi connectivity index (χ4n) is 2.88. The first-order valence-electron chi connectivity index (χ1n) is 9.06. The van der Waals surface area contributed by atoms with Crippen LogP contribution in [-0.4, -0.2) is 13.0 Å². The van der Waals surface area contributed by atoms with Crippen molar-refractivity contribution >= 4 is 34.2 Å². The summed E-state index contributed by atoms with van der Waals surface area (Å²) >= 11 is 2.16. The van der Waals surface area contributed by atoms with Crippen LogP contribution in [0.1, 0.15) is 28.4 Å². The van der Waals surface area contributed by atoms with E-state index in [4.69, 9.17) is 9.47 Å². The average molecular weight is 487 g/mol. The molecular formula is C23H22INO3. The van der Waals surface area contributed by atoms with Gasteiger partial charge < -0.3 is 14.8 Å². The summed E-state index contributed by atoms with van der Waals surface area (Å²) in [6.07, 6.45) is 0.849. The van der Waals surface area contributed by atoms with Crippen molar-refractivity contribution < 1.29 is 14.3 Å². The number of aryl methyl sites for hydroxylation is 1. The zero-order valence-corrected chi connectivity index (χ0v) is 18.0. The van der Waals surface area contributed by atoms with E-state index < -0.39 is 0 Å². The Morgan fingerprint density at radius 2 is 1.75 bits per heavy atom. The standard InChI is InChI=1S/C23H22INO3/c1-3-17-11-7-8-12-20(17)25-23(26)18-13-19(24)22(27-2)21(14-18)28-15-16-9-5-4-6-10-16/h4-14H,3,15H2,1-2H3,(H,25,26). The lowest BCUT2D eigenvalue weighted by Crippen LogP contribution is -2.14. The van der Waals surface area contributed by atoms with E-state index in [0.717, 1.165) is 26.8 Å². The third-order valence-electron chi connectivity index (χ3n) is 4.36. The lowest BCUT2D eigenvalue weighted by molar-refractivity contribution is 0.102. The minimum absolute atomic E-state index is 0.175. The molecule has 0 atom stereocenters. The van der Waals surface area contributed by atoms with Gasteiger partial charge in [0.15, 0.2) is 11.5 Å². The third-order valence-corrected chi connectivity index (χ3v) is 5.16. The summed E-state index contributed by atoms with van der Waals surface area (Å²) in [5.74, 6) is 1.00. The molecule has 0 heterocycles. The molecule has 3 aromatic carbocycles. The minimum atomic E-state index is -0.175. The number of hydrogen-bond donors (Lipinski definition) is 1. The van der Waals surface area contributed by atoms with E-state index in [1.54, 1.807) is 19.2 Å². The number of methoxy groups -OCH3 is 1. The number of carbonyl (C=O) groups is 1. The molecule has 144 valence electrons. The maximum atomic E-state index is 12.8. The highest BCUT2D eigenvalue weighted by atomic mass is 127. The van der Waals surface area contributed by atoms with Gasteiger partial charge >= 0.3 is 0 Å². The van der Waals surface area contributed by atoms with Gasteiger partial charge in [-0.3, -0.25) is 4.79 Å². The molecule has 4 nitrogen and oxygen atoms in total. The Bertz CT molecular complexity index is 957. The van der Waals surface area contributed by atoms with Crippen molar-refractivity contribution in [3.63, 3.8) is 0 Å². The Balaban J connectivity index is 1.84. The molecule has 1 N–H and O–H groups in total. The van der Waals surface area contributed by atoms with Gasteiger partial charge in [-0.15, -0.1) is 0 Å². The van der Waals surface area contributed by atoms with E-state index in [0.29, 0.717) is 23.7 Å². The van der Waals surface area contributed by atoms with Crippen molar-refractivity contribution in [3.05, 3.63) is 87.0 Å². The van der Waals surface area contributed by atoms with Gasteiger partial charge in [-0.1, -0.05) is 55.5 Å². The number of hydrogen-bond acceptors (Lipinski definition) is 3. The number of para-hydroxylation sites is 1. The fourth-order valence-corrected chi connectivity index (χ4v) is 3.71. The summed E-state index contributed by atoms with van der Waals surface area (Å²) in [6.45, 7) is 2.47. The summed E-state index contributed by atoms with van der Waals surface area (Å²) in [7, 11) is 1.60. The monoisotopic (exact) mass is 487 g/mol. The molecule has 0 spiro atoms. The van der Waals surface area contributed by atoms with Crippen LogP contribution >= 0.6 is 22.6 Å². The molecule has 0 fully saturated rings. The van der Waals surface area contributed by atoms with Gasteiger partial charge in [-0.25, -0.2) is 0 Å². The number of rotatable bonds is 7. The van der Waals surface area contributed by atoms with Crippen LogP contribution in [0, 0.1) is 3.57 Å².